The van der Waals surface area contributed by atoms with E-state index in [1.807, 2.05) is 19.1 Å². The maximum absolute atomic E-state index is 12.4. The van der Waals surface area contributed by atoms with Crippen molar-refractivity contribution >= 4 is 17.6 Å². The van der Waals surface area contributed by atoms with E-state index in [0.717, 1.165) is 43.2 Å². The lowest BCUT2D eigenvalue weighted by Gasteiger charge is -2.32. The second-order valence-electron chi connectivity index (χ2n) is 5.91. The number of hydrogen-bond acceptors (Lipinski definition) is 2. The van der Waals surface area contributed by atoms with Gasteiger partial charge in [-0.1, -0.05) is 12.1 Å². The maximum atomic E-state index is 12.4. The molecule has 0 saturated carbocycles. The number of hydrogen-bond donors (Lipinski definition) is 0. The molecule has 0 N–H and O–H groups in total. The van der Waals surface area contributed by atoms with Gasteiger partial charge in [0.1, 0.15) is 5.75 Å². The Kier molecular flexibility index (Phi) is 3.26. The van der Waals surface area contributed by atoms with E-state index in [-0.39, 0.29) is 5.78 Å². The summed E-state index contributed by atoms with van der Waals surface area (Å²) in [5.74, 6) is 0.761. The van der Waals surface area contributed by atoms with Crippen LogP contribution in [0.15, 0.2) is 23.8 Å². The summed E-state index contributed by atoms with van der Waals surface area (Å²) >= 11 is 0. The van der Waals surface area contributed by atoms with Crippen molar-refractivity contribution in [3.05, 3.63) is 40.4 Å². The van der Waals surface area contributed by atoms with Gasteiger partial charge in [-0.15, -0.1) is 0 Å². The third-order valence-corrected chi connectivity index (χ3v) is 4.88. The third kappa shape index (κ3) is 1.95. The Morgan fingerprint density at radius 1 is 1.48 bits per heavy atom. The lowest BCUT2D eigenvalue weighted by atomic mass is 9.69. The molecule has 1 aromatic carbocycles. The van der Waals surface area contributed by atoms with Crippen molar-refractivity contribution in [1.29, 1.82) is 0 Å². The highest BCUT2D eigenvalue weighted by molar-refractivity contribution is 6.29. The maximum Gasteiger partial charge on any atom is 0.324 e. The Bertz CT molecular complexity index is 699. The second-order valence-corrected chi connectivity index (χ2v) is 5.91. The average Bonchev–Trinajstić information content (AvgIpc) is 2.88. The lowest BCUT2D eigenvalue weighted by molar-refractivity contribution is -0.123. The lowest BCUT2D eigenvalue weighted by Crippen LogP contribution is -2.33. The number of benzene rings is 1. The number of methoxy groups -OCH3 is 1. The number of nitrogens with zero attached hydrogens (tertiary/aromatic N) is 2. The first kappa shape index (κ1) is 13.8. The van der Waals surface area contributed by atoms with Gasteiger partial charge in [0, 0.05) is 5.56 Å². The minimum Gasteiger partial charge on any atom is -0.496 e. The van der Waals surface area contributed by atoms with Crippen LogP contribution in [0.3, 0.4) is 0 Å². The summed E-state index contributed by atoms with van der Waals surface area (Å²) in [6.45, 7) is 1.96. The van der Waals surface area contributed by atoms with Crippen molar-refractivity contribution in [2.24, 2.45) is 5.41 Å². The molecule has 1 unspecified atom stereocenters. The smallest absolute Gasteiger partial charge is 0.324 e. The predicted octanol–water partition coefficient (Wildman–Crippen LogP) is 3.06. The molecule has 0 bridgehead atoms. The molecule has 1 atom stereocenters. The van der Waals surface area contributed by atoms with Crippen LogP contribution in [0.4, 0.5) is 0 Å². The van der Waals surface area contributed by atoms with Crippen molar-refractivity contribution in [3.63, 3.8) is 0 Å². The normalized spacial score (nSPS) is 23.1. The highest BCUT2D eigenvalue weighted by atomic mass is 16.5. The van der Waals surface area contributed by atoms with E-state index in [4.69, 9.17) is 10.3 Å². The van der Waals surface area contributed by atoms with Crippen molar-refractivity contribution in [1.82, 2.24) is 0 Å². The Labute approximate surface area is 124 Å². The van der Waals surface area contributed by atoms with Crippen LogP contribution in [0, 0.1) is 5.41 Å². The van der Waals surface area contributed by atoms with Crippen LogP contribution in [-0.2, 0) is 11.2 Å². The van der Waals surface area contributed by atoms with E-state index >= 15 is 0 Å². The zero-order chi connectivity index (χ0) is 15.0. The summed E-state index contributed by atoms with van der Waals surface area (Å²) in [5.41, 5.74) is 13.0. The number of Topliss-reactive ketones (excluding diaryl/α,β-unsaturated/α-hetero) is 1. The van der Waals surface area contributed by atoms with Gasteiger partial charge in [0.25, 0.3) is 0 Å². The molecule has 0 aliphatic heterocycles. The SMILES string of the molecule is COc1cccc2c1CC1=C2CCCC1(C)C(=O)C=[N+]=[N-]. The van der Waals surface area contributed by atoms with Crippen LogP contribution in [0.2, 0.25) is 0 Å². The molecule has 3 rings (SSSR count). The molecule has 2 aliphatic carbocycles. The topological polar surface area (TPSA) is 62.7 Å². The van der Waals surface area contributed by atoms with Gasteiger partial charge in [-0.3, -0.25) is 4.79 Å². The highest BCUT2D eigenvalue weighted by Gasteiger charge is 2.44. The minimum atomic E-state index is -0.566. The zero-order valence-corrected chi connectivity index (χ0v) is 12.3. The van der Waals surface area contributed by atoms with Crippen LogP contribution in [0.1, 0.15) is 37.3 Å². The Balaban J connectivity index is 2.12. The summed E-state index contributed by atoms with van der Waals surface area (Å²) in [4.78, 5) is 15.3. The second kappa shape index (κ2) is 4.97. The number of ketones is 1. The largest absolute Gasteiger partial charge is 0.496 e. The van der Waals surface area contributed by atoms with E-state index in [2.05, 4.69) is 10.9 Å². The molecule has 0 aromatic heterocycles. The van der Waals surface area contributed by atoms with Crippen molar-refractivity contribution < 1.29 is 14.3 Å². The van der Waals surface area contributed by atoms with Crippen LogP contribution in [0.5, 0.6) is 5.75 Å². The number of carbonyl (C=O) groups excluding carboxylic acids is 1. The zero-order valence-electron chi connectivity index (χ0n) is 12.3. The number of rotatable bonds is 3. The monoisotopic (exact) mass is 282 g/mol. The molecule has 4 nitrogen and oxygen atoms in total. The summed E-state index contributed by atoms with van der Waals surface area (Å²) in [6, 6.07) is 6.07. The van der Waals surface area contributed by atoms with Crippen molar-refractivity contribution in [2.75, 3.05) is 7.11 Å². The Hall–Kier alpha value is -2.19. The first-order valence-corrected chi connectivity index (χ1v) is 7.22. The van der Waals surface area contributed by atoms with Crippen LogP contribution >= 0.6 is 0 Å². The predicted molar refractivity (Wildman–Crippen MR) is 80.3 cm³/mol. The minimum absolute atomic E-state index is 0.121. The van der Waals surface area contributed by atoms with Crippen LogP contribution in [0.25, 0.3) is 11.1 Å². The number of allylic oxidation sites excluding steroid dienone is 2. The highest BCUT2D eigenvalue weighted by Crippen LogP contribution is 2.52. The molecule has 0 amide bonds. The van der Waals surface area contributed by atoms with Crippen LogP contribution < -0.4 is 4.74 Å². The van der Waals surface area contributed by atoms with Crippen molar-refractivity contribution in [3.8, 4) is 5.75 Å². The van der Waals surface area contributed by atoms with E-state index in [1.54, 1.807) is 7.11 Å². The number of ether oxygens (including phenoxy) is 1. The summed E-state index contributed by atoms with van der Waals surface area (Å²) in [7, 11) is 1.68. The molecular formula is C17H18N2O2. The Morgan fingerprint density at radius 2 is 2.29 bits per heavy atom. The molecule has 2 aliphatic rings. The number of carbonyl (C=O) groups is 1. The first-order chi connectivity index (χ1) is 10.1. The fourth-order valence-corrected chi connectivity index (χ4v) is 3.72. The summed E-state index contributed by atoms with van der Waals surface area (Å²) in [6.07, 6.45) is 4.55. The van der Waals surface area contributed by atoms with E-state index in [1.165, 1.54) is 16.7 Å². The fraction of sp³-hybridized carbons (Fsp3) is 0.412. The van der Waals surface area contributed by atoms with Gasteiger partial charge in [-0.05, 0) is 55.4 Å². The van der Waals surface area contributed by atoms with Crippen LogP contribution in [-0.4, -0.2) is 23.9 Å². The molecule has 1 aromatic rings. The van der Waals surface area contributed by atoms with Gasteiger partial charge in [-0.2, -0.15) is 4.79 Å². The number of fused-ring (bicyclic) bond motifs is 2. The molecule has 21 heavy (non-hydrogen) atoms. The van der Waals surface area contributed by atoms with Gasteiger partial charge in [0.05, 0.1) is 12.5 Å². The van der Waals surface area contributed by atoms with Gasteiger partial charge >= 0.3 is 6.21 Å². The van der Waals surface area contributed by atoms with E-state index < -0.39 is 5.41 Å². The van der Waals surface area contributed by atoms with Gasteiger partial charge in [-0.25, -0.2) is 0 Å². The molecule has 0 heterocycles. The molecule has 0 fully saturated rings. The van der Waals surface area contributed by atoms with Gasteiger partial charge < -0.3 is 10.3 Å². The molecule has 0 saturated heterocycles. The third-order valence-electron chi connectivity index (χ3n) is 4.88. The van der Waals surface area contributed by atoms with E-state index in [0.29, 0.717) is 0 Å². The first-order valence-electron chi connectivity index (χ1n) is 7.22. The standard InChI is InChI=1S/C17H18N2O2/c1-17(16(20)10-19-18)8-4-6-12-11-5-3-7-15(21-2)13(11)9-14(12)17/h3,5,7,10H,4,6,8-9H2,1-2H3. The Morgan fingerprint density at radius 3 is 3.00 bits per heavy atom. The quantitative estimate of drug-likeness (QED) is 0.486. The fourth-order valence-electron chi connectivity index (χ4n) is 3.72. The molecule has 4 heteroatoms. The molecule has 0 spiro atoms. The molecule has 108 valence electrons. The molecular weight excluding hydrogens is 264 g/mol. The summed E-state index contributed by atoms with van der Waals surface area (Å²) in [5, 5.41) is 0. The van der Waals surface area contributed by atoms with Gasteiger partial charge in [0.2, 0.25) is 5.78 Å². The van der Waals surface area contributed by atoms with Gasteiger partial charge in [0.15, 0.2) is 0 Å². The molecule has 0 radical (unpaired) electrons. The van der Waals surface area contributed by atoms with E-state index in [9.17, 15) is 4.79 Å². The average molecular weight is 282 g/mol. The van der Waals surface area contributed by atoms with Crippen molar-refractivity contribution in [2.45, 2.75) is 32.6 Å². The summed E-state index contributed by atoms with van der Waals surface area (Å²) < 4.78 is 5.46.